The monoisotopic (exact) mass is 338 g/mol. The van der Waals surface area contributed by atoms with Crippen LogP contribution in [-0.4, -0.2) is 48.5 Å². The van der Waals surface area contributed by atoms with Crippen molar-refractivity contribution in [2.24, 2.45) is 0 Å². The summed E-state index contributed by atoms with van der Waals surface area (Å²) < 4.78 is 5.74. The maximum absolute atomic E-state index is 12.9. The zero-order valence-electron chi connectivity index (χ0n) is 14.9. The van der Waals surface area contributed by atoms with E-state index in [1.54, 1.807) is 0 Å². The van der Waals surface area contributed by atoms with Crippen LogP contribution in [0, 0.1) is 0 Å². The lowest BCUT2D eigenvalue weighted by Crippen LogP contribution is -2.48. The normalized spacial score (nSPS) is 15.2. The van der Waals surface area contributed by atoms with Gasteiger partial charge in [0.2, 0.25) is 0 Å². The Labute approximate surface area is 150 Å². The van der Waals surface area contributed by atoms with Gasteiger partial charge >= 0.3 is 0 Å². The van der Waals surface area contributed by atoms with Gasteiger partial charge in [-0.25, -0.2) is 0 Å². The van der Waals surface area contributed by atoms with Crippen LogP contribution in [0.3, 0.4) is 0 Å². The molecule has 1 amide bonds. The zero-order valence-corrected chi connectivity index (χ0v) is 14.9. The number of ether oxygens (including phenoxy) is 1. The molecule has 2 aromatic rings. The number of benzene rings is 2. The van der Waals surface area contributed by atoms with Gasteiger partial charge in [-0.1, -0.05) is 49.4 Å². The number of para-hydroxylation sites is 1. The maximum atomic E-state index is 12.9. The van der Waals surface area contributed by atoms with Crippen LogP contribution in [0.1, 0.15) is 29.3 Å². The molecule has 0 unspecified atom stereocenters. The molecule has 1 fully saturated rings. The molecule has 0 aliphatic carbocycles. The summed E-state index contributed by atoms with van der Waals surface area (Å²) in [4.78, 5) is 17.2. The fourth-order valence-electron chi connectivity index (χ4n) is 3.10. The van der Waals surface area contributed by atoms with Crippen LogP contribution in [0.2, 0.25) is 0 Å². The maximum Gasteiger partial charge on any atom is 0.257 e. The van der Waals surface area contributed by atoms with E-state index in [9.17, 15) is 4.79 Å². The lowest BCUT2D eigenvalue weighted by atomic mass is 10.1. The molecule has 25 heavy (non-hydrogen) atoms. The Kier molecular flexibility index (Phi) is 6.07. The molecule has 132 valence electrons. The minimum atomic E-state index is 0.0751. The number of hydrogen-bond donors (Lipinski definition) is 0. The smallest absolute Gasteiger partial charge is 0.257 e. The van der Waals surface area contributed by atoms with Crippen LogP contribution in [0.4, 0.5) is 0 Å². The van der Waals surface area contributed by atoms with Crippen LogP contribution in [-0.2, 0) is 6.54 Å². The van der Waals surface area contributed by atoms with E-state index >= 15 is 0 Å². The van der Waals surface area contributed by atoms with Crippen molar-refractivity contribution in [3.63, 3.8) is 0 Å². The molecule has 0 spiro atoms. The summed E-state index contributed by atoms with van der Waals surface area (Å²) in [6, 6.07) is 18.1. The summed E-state index contributed by atoms with van der Waals surface area (Å²) in [5, 5.41) is 0. The second-order valence-corrected chi connectivity index (χ2v) is 6.40. The highest BCUT2D eigenvalue weighted by atomic mass is 16.5. The van der Waals surface area contributed by atoms with Crippen molar-refractivity contribution >= 4 is 5.91 Å². The van der Waals surface area contributed by atoms with Gasteiger partial charge in [-0.15, -0.1) is 0 Å². The average Bonchev–Trinajstić information content (AvgIpc) is 2.67. The number of carbonyl (C=O) groups excluding carboxylic acids is 1. The van der Waals surface area contributed by atoms with Crippen LogP contribution in [0.5, 0.6) is 5.75 Å². The topological polar surface area (TPSA) is 32.8 Å². The SMILES string of the molecule is CCCOc1ccccc1C(=O)N1CCN(Cc2ccccc2)CC1. The Morgan fingerprint density at radius 1 is 0.960 bits per heavy atom. The van der Waals surface area contributed by atoms with Crippen molar-refractivity contribution in [3.8, 4) is 5.75 Å². The van der Waals surface area contributed by atoms with Crippen molar-refractivity contribution in [2.45, 2.75) is 19.9 Å². The van der Waals surface area contributed by atoms with Crippen LogP contribution in [0.25, 0.3) is 0 Å². The van der Waals surface area contributed by atoms with Gasteiger partial charge in [0.25, 0.3) is 5.91 Å². The van der Waals surface area contributed by atoms with Gasteiger partial charge in [0, 0.05) is 32.7 Å². The molecular weight excluding hydrogens is 312 g/mol. The van der Waals surface area contributed by atoms with E-state index in [0.717, 1.165) is 39.1 Å². The Balaban J connectivity index is 1.58. The van der Waals surface area contributed by atoms with Gasteiger partial charge in [0.15, 0.2) is 0 Å². The molecule has 0 bridgehead atoms. The molecule has 0 saturated carbocycles. The molecule has 2 aromatic carbocycles. The van der Waals surface area contributed by atoms with E-state index in [1.807, 2.05) is 35.2 Å². The van der Waals surface area contributed by atoms with E-state index in [4.69, 9.17) is 4.74 Å². The Hall–Kier alpha value is -2.33. The molecule has 0 N–H and O–H groups in total. The predicted molar refractivity (Wildman–Crippen MR) is 99.9 cm³/mol. The van der Waals surface area contributed by atoms with Crippen molar-refractivity contribution < 1.29 is 9.53 Å². The van der Waals surface area contributed by atoms with E-state index in [2.05, 4.69) is 36.1 Å². The second-order valence-electron chi connectivity index (χ2n) is 6.40. The predicted octanol–water partition coefficient (Wildman–Crippen LogP) is 3.43. The molecule has 0 aromatic heterocycles. The van der Waals surface area contributed by atoms with Crippen LogP contribution >= 0.6 is 0 Å². The van der Waals surface area contributed by atoms with Crippen molar-refractivity contribution in [1.29, 1.82) is 0 Å². The standard InChI is InChI=1S/C21H26N2O2/c1-2-16-25-20-11-7-6-10-19(20)21(24)23-14-12-22(13-15-23)17-18-8-4-3-5-9-18/h3-11H,2,12-17H2,1H3. The third kappa shape index (κ3) is 4.60. The Morgan fingerprint density at radius 3 is 2.36 bits per heavy atom. The summed E-state index contributed by atoms with van der Waals surface area (Å²) >= 11 is 0. The third-order valence-electron chi connectivity index (χ3n) is 4.49. The van der Waals surface area contributed by atoms with Crippen LogP contribution < -0.4 is 4.74 Å². The van der Waals surface area contributed by atoms with E-state index in [-0.39, 0.29) is 5.91 Å². The Morgan fingerprint density at radius 2 is 1.64 bits per heavy atom. The summed E-state index contributed by atoms with van der Waals surface area (Å²) in [6.07, 6.45) is 0.931. The number of carbonyl (C=O) groups is 1. The first kappa shape index (κ1) is 17.5. The largest absolute Gasteiger partial charge is 0.493 e. The zero-order chi connectivity index (χ0) is 17.5. The van der Waals surface area contributed by atoms with E-state index in [0.29, 0.717) is 17.9 Å². The molecule has 0 radical (unpaired) electrons. The van der Waals surface area contributed by atoms with Gasteiger partial charge in [0.05, 0.1) is 12.2 Å². The molecule has 4 nitrogen and oxygen atoms in total. The number of amides is 1. The van der Waals surface area contributed by atoms with Gasteiger partial charge < -0.3 is 9.64 Å². The first-order valence-electron chi connectivity index (χ1n) is 9.05. The fourth-order valence-corrected chi connectivity index (χ4v) is 3.10. The number of piperazine rings is 1. The highest BCUT2D eigenvalue weighted by Crippen LogP contribution is 2.21. The highest BCUT2D eigenvalue weighted by Gasteiger charge is 2.24. The van der Waals surface area contributed by atoms with Crippen molar-refractivity contribution in [2.75, 3.05) is 32.8 Å². The van der Waals surface area contributed by atoms with Crippen LogP contribution in [0.15, 0.2) is 54.6 Å². The molecule has 3 rings (SSSR count). The number of rotatable bonds is 6. The molecule has 0 atom stereocenters. The minimum absolute atomic E-state index is 0.0751. The summed E-state index contributed by atoms with van der Waals surface area (Å²) in [7, 11) is 0. The fraction of sp³-hybridized carbons (Fsp3) is 0.381. The molecule has 4 heteroatoms. The highest BCUT2D eigenvalue weighted by molar-refractivity contribution is 5.97. The molecular formula is C21H26N2O2. The molecule has 1 aliphatic heterocycles. The lowest BCUT2D eigenvalue weighted by molar-refractivity contribution is 0.0624. The minimum Gasteiger partial charge on any atom is -0.493 e. The van der Waals surface area contributed by atoms with Gasteiger partial charge in [-0.3, -0.25) is 9.69 Å². The summed E-state index contributed by atoms with van der Waals surface area (Å²) in [5.74, 6) is 0.770. The van der Waals surface area contributed by atoms with E-state index in [1.165, 1.54) is 5.56 Å². The Bertz CT molecular complexity index is 679. The molecule has 1 saturated heterocycles. The van der Waals surface area contributed by atoms with Gasteiger partial charge in [-0.05, 0) is 24.1 Å². The quantitative estimate of drug-likeness (QED) is 0.809. The molecule has 1 heterocycles. The lowest BCUT2D eigenvalue weighted by Gasteiger charge is -2.35. The van der Waals surface area contributed by atoms with Crippen molar-refractivity contribution in [1.82, 2.24) is 9.80 Å². The first-order chi connectivity index (χ1) is 12.3. The average molecular weight is 338 g/mol. The third-order valence-corrected chi connectivity index (χ3v) is 4.49. The summed E-state index contributed by atoms with van der Waals surface area (Å²) in [5.41, 5.74) is 1.99. The second kappa shape index (κ2) is 8.67. The number of hydrogen-bond acceptors (Lipinski definition) is 3. The molecule has 1 aliphatic rings. The summed E-state index contributed by atoms with van der Waals surface area (Å²) in [6.45, 7) is 6.96. The van der Waals surface area contributed by atoms with E-state index < -0.39 is 0 Å². The first-order valence-corrected chi connectivity index (χ1v) is 9.05. The van der Waals surface area contributed by atoms with Crippen molar-refractivity contribution in [3.05, 3.63) is 65.7 Å². The number of nitrogens with zero attached hydrogens (tertiary/aromatic N) is 2. The van der Waals surface area contributed by atoms with Gasteiger partial charge in [0.1, 0.15) is 5.75 Å². The van der Waals surface area contributed by atoms with Gasteiger partial charge in [-0.2, -0.15) is 0 Å².